The Morgan fingerprint density at radius 2 is 1.02 bits per heavy atom. The maximum absolute atomic E-state index is 15.3. The Hall–Kier alpha value is -4.30. The molecule has 210 valence electrons. The van der Waals surface area contributed by atoms with E-state index in [1.807, 2.05) is 42.5 Å². The molecule has 42 heavy (non-hydrogen) atoms. The first-order chi connectivity index (χ1) is 19.9. The fourth-order valence-corrected chi connectivity index (χ4v) is 6.00. The van der Waals surface area contributed by atoms with E-state index in [0.717, 1.165) is 54.9 Å². The molecule has 0 amide bonds. The Morgan fingerprint density at radius 1 is 0.452 bits per heavy atom. The number of hydrogen-bond donors (Lipinski definition) is 0. The van der Waals surface area contributed by atoms with Crippen LogP contribution in [-0.2, 0) is 10.8 Å². The molecular formula is C40H36F2. The molecule has 0 unspecified atom stereocenters. The molecule has 0 bridgehead atoms. The number of hydrogen-bond acceptors (Lipinski definition) is 0. The molecule has 0 saturated carbocycles. The molecule has 0 atom stereocenters. The van der Waals surface area contributed by atoms with Crippen molar-refractivity contribution in [3.05, 3.63) is 132 Å². The largest absolute Gasteiger partial charge is 0.206 e. The quantitative estimate of drug-likeness (QED) is 0.204. The monoisotopic (exact) mass is 554 g/mol. The second kappa shape index (κ2) is 10.2. The maximum atomic E-state index is 15.3. The highest BCUT2D eigenvalue weighted by Gasteiger charge is 2.23. The zero-order chi connectivity index (χ0) is 29.8. The number of halogens is 2. The summed E-state index contributed by atoms with van der Waals surface area (Å²) in [7, 11) is 0. The van der Waals surface area contributed by atoms with Crippen LogP contribution in [0.3, 0.4) is 0 Å². The normalized spacial score (nSPS) is 12.3. The topological polar surface area (TPSA) is 0 Å². The first-order valence-electron chi connectivity index (χ1n) is 14.6. The fourth-order valence-electron chi connectivity index (χ4n) is 6.00. The van der Waals surface area contributed by atoms with Crippen molar-refractivity contribution < 1.29 is 8.78 Å². The summed E-state index contributed by atoms with van der Waals surface area (Å²) in [6.07, 6.45) is 0. The highest BCUT2D eigenvalue weighted by molar-refractivity contribution is 6.02. The van der Waals surface area contributed by atoms with Crippen molar-refractivity contribution >= 4 is 21.5 Å². The Morgan fingerprint density at radius 3 is 1.60 bits per heavy atom. The molecule has 0 aromatic heterocycles. The SMILES string of the molecule is CC(C)(C)c1ccc(-c2cccc3cc(-c4ccc5c(-c6c(F)cccc6C(C)(C)C)cccc5c4)ccc23)c(F)c1. The Kier molecular flexibility index (Phi) is 6.77. The van der Waals surface area contributed by atoms with Crippen molar-refractivity contribution in [2.45, 2.75) is 52.4 Å². The lowest BCUT2D eigenvalue weighted by molar-refractivity contribution is 0.573. The number of fused-ring (bicyclic) bond motifs is 2. The van der Waals surface area contributed by atoms with E-state index < -0.39 is 0 Å². The minimum Gasteiger partial charge on any atom is -0.206 e. The van der Waals surface area contributed by atoms with E-state index in [0.29, 0.717) is 11.1 Å². The van der Waals surface area contributed by atoms with Crippen LogP contribution in [0, 0.1) is 11.6 Å². The Bertz CT molecular complexity index is 1970. The molecule has 6 aromatic carbocycles. The molecule has 0 aliphatic carbocycles. The number of benzene rings is 6. The van der Waals surface area contributed by atoms with E-state index in [9.17, 15) is 0 Å². The highest BCUT2D eigenvalue weighted by Crippen LogP contribution is 2.40. The van der Waals surface area contributed by atoms with Gasteiger partial charge in [0.05, 0.1) is 0 Å². The molecule has 0 radical (unpaired) electrons. The highest BCUT2D eigenvalue weighted by atomic mass is 19.1. The van der Waals surface area contributed by atoms with Gasteiger partial charge >= 0.3 is 0 Å². The summed E-state index contributed by atoms with van der Waals surface area (Å²) in [5.41, 5.74) is 6.91. The smallest absolute Gasteiger partial charge is 0.131 e. The van der Waals surface area contributed by atoms with Crippen LogP contribution >= 0.6 is 0 Å². The summed E-state index contributed by atoms with van der Waals surface area (Å²) in [5, 5.41) is 4.15. The minimum absolute atomic E-state index is 0.113. The molecule has 0 spiro atoms. The lowest BCUT2D eigenvalue weighted by Gasteiger charge is -2.24. The van der Waals surface area contributed by atoms with E-state index >= 15 is 8.78 Å². The van der Waals surface area contributed by atoms with Crippen LogP contribution in [0.1, 0.15) is 52.7 Å². The van der Waals surface area contributed by atoms with Crippen molar-refractivity contribution in [1.82, 2.24) is 0 Å². The van der Waals surface area contributed by atoms with E-state index in [1.54, 1.807) is 18.2 Å². The molecule has 0 aliphatic rings. The van der Waals surface area contributed by atoms with Gasteiger partial charge in [0.1, 0.15) is 11.6 Å². The minimum atomic E-state index is -0.200. The third kappa shape index (κ3) is 5.00. The number of rotatable bonds is 3. The summed E-state index contributed by atoms with van der Waals surface area (Å²) >= 11 is 0. The summed E-state index contributed by atoms with van der Waals surface area (Å²) in [4.78, 5) is 0. The van der Waals surface area contributed by atoms with Gasteiger partial charge in [0.2, 0.25) is 0 Å². The predicted octanol–water partition coefficient (Wildman–Crippen LogP) is 11.9. The molecule has 0 N–H and O–H groups in total. The van der Waals surface area contributed by atoms with Crippen molar-refractivity contribution in [1.29, 1.82) is 0 Å². The molecule has 6 aromatic rings. The van der Waals surface area contributed by atoms with Crippen molar-refractivity contribution in [3.8, 4) is 33.4 Å². The fraction of sp³-hybridized carbons (Fsp3) is 0.200. The molecule has 0 heterocycles. The Balaban J connectivity index is 1.43. The zero-order valence-corrected chi connectivity index (χ0v) is 25.1. The standard InChI is InChI=1S/C40H36F2/c1-39(2,3)29-18-21-33(37(42)24-29)32-12-7-10-27-22-25(16-19-30(27)32)26-17-20-31-28(23-26)11-8-13-34(31)38-35(40(4,5)6)14-9-15-36(38)41/h7-24H,1-6H3. The van der Waals surface area contributed by atoms with Gasteiger partial charge in [-0.15, -0.1) is 0 Å². The summed E-state index contributed by atoms with van der Waals surface area (Å²) in [6, 6.07) is 35.9. The van der Waals surface area contributed by atoms with Gasteiger partial charge in [-0.2, -0.15) is 0 Å². The van der Waals surface area contributed by atoms with E-state index in [2.05, 4.69) is 90.1 Å². The van der Waals surface area contributed by atoms with Crippen LogP contribution < -0.4 is 0 Å². The molecular weight excluding hydrogens is 518 g/mol. The van der Waals surface area contributed by atoms with Gasteiger partial charge in [-0.3, -0.25) is 0 Å². The predicted molar refractivity (Wildman–Crippen MR) is 175 cm³/mol. The summed E-state index contributed by atoms with van der Waals surface area (Å²) < 4.78 is 30.6. The molecule has 0 saturated heterocycles. The van der Waals surface area contributed by atoms with Gasteiger partial charge in [0.15, 0.2) is 0 Å². The van der Waals surface area contributed by atoms with E-state index in [4.69, 9.17) is 0 Å². The van der Waals surface area contributed by atoms with Gasteiger partial charge in [0.25, 0.3) is 0 Å². The lowest BCUT2D eigenvalue weighted by atomic mass is 9.80. The van der Waals surface area contributed by atoms with Crippen molar-refractivity contribution in [2.75, 3.05) is 0 Å². The first-order valence-corrected chi connectivity index (χ1v) is 14.6. The molecule has 2 heteroatoms. The zero-order valence-electron chi connectivity index (χ0n) is 25.1. The molecule has 6 rings (SSSR count). The summed E-state index contributed by atoms with van der Waals surface area (Å²) in [6.45, 7) is 12.6. The molecule has 0 nitrogen and oxygen atoms in total. The molecule has 0 aliphatic heterocycles. The van der Waals surface area contributed by atoms with Crippen LogP contribution in [0.25, 0.3) is 54.9 Å². The Labute approximate surface area is 247 Å². The first kappa shape index (κ1) is 27.8. The van der Waals surface area contributed by atoms with Crippen LogP contribution in [0.2, 0.25) is 0 Å². The lowest BCUT2D eigenvalue weighted by Crippen LogP contribution is -2.13. The molecule has 0 fully saturated rings. The van der Waals surface area contributed by atoms with Gasteiger partial charge in [-0.25, -0.2) is 8.78 Å². The van der Waals surface area contributed by atoms with Crippen LogP contribution in [0.5, 0.6) is 0 Å². The van der Waals surface area contributed by atoms with Crippen LogP contribution in [0.4, 0.5) is 8.78 Å². The average molecular weight is 555 g/mol. The summed E-state index contributed by atoms with van der Waals surface area (Å²) in [5.74, 6) is -0.400. The van der Waals surface area contributed by atoms with Crippen molar-refractivity contribution in [3.63, 3.8) is 0 Å². The third-order valence-electron chi connectivity index (χ3n) is 8.31. The average Bonchev–Trinajstić information content (AvgIpc) is 2.95. The van der Waals surface area contributed by atoms with Crippen LogP contribution in [0.15, 0.2) is 109 Å². The van der Waals surface area contributed by atoms with Gasteiger partial charge in [0, 0.05) is 11.1 Å². The van der Waals surface area contributed by atoms with Crippen LogP contribution in [-0.4, -0.2) is 0 Å². The van der Waals surface area contributed by atoms with Gasteiger partial charge in [-0.05, 0) is 90.0 Å². The maximum Gasteiger partial charge on any atom is 0.131 e. The third-order valence-corrected chi connectivity index (χ3v) is 8.31. The van der Waals surface area contributed by atoms with Gasteiger partial charge < -0.3 is 0 Å². The second-order valence-corrected chi connectivity index (χ2v) is 13.3. The van der Waals surface area contributed by atoms with Gasteiger partial charge in [-0.1, -0.05) is 126 Å². The van der Waals surface area contributed by atoms with E-state index in [1.165, 1.54) is 0 Å². The van der Waals surface area contributed by atoms with E-state index in [-0.39, 0.29) is 22.5 Å². The van der Waals surface area contributed by atoms with Crippen molar-refractivity contribution in [2.24, 2.45) is 0 Å². The second-order valence-electron chi connectivity index (χ2n) is 13.3.